The molecule has 0 spiro atoms. The fraction of sp³-hybridized carbons (Fsp3) is 0.923. The van der Waals surface area contributed by atoms with Gasteiger partial charge in [-0.3, -0.25) is 4.79 Å². The number of ether oxygens (including phenoxy) is 1. The van der Waals surface area contributed by atoms with Gasteiger partial charge in [0.15, 0.2) is 0 Å². The highest BCUT2D eigenvalue weighted by Gasteiger charge is 2.38. The van der Waals surface area contributed by atoms with Crippen LogP contribution in [0.3, 0.4) is 0 Å². The summed E-state index contributed by atoms with van der Waals surface area (Å²) in [5, 5.41) is 3.10. The van der Waals surface area contributed by atoms with E-state index in [2.05, 4.69) is 5.32 Å². The Morgan fingerprint density at radius 2 is 2.11 bits per heavy atom. The van der Waals surface area contributed by atoms with Crippen molar-refractivity contribution in [1.82, 2.24) is 5.32 Å². The SMILES string of the molecule is CC1(N)CCCCC1C(=O)NC1CCCOC1.Cl. The van der Waals surface area contributed by atoms with E-state index in [0.717, 1.165) is 45.1 Å². The highest BCUT2D eigenvalue weighted by atomic mass is 35.5. The average molecular weight is 277 g/mol. The molecule has 1 aliphatic heterocycles. The molecule has 1 saturated heterocycles. The summed E-state index contributed by atoms with van der Waals surface area (Å²) < 4.78 is 5.38. The maximum atomic E-state index is 12.2. The lowest BCUT2D eigenvalue weighted by atomic mass is 9.74. The smallest absolute Gasteiger partial charge is 0.225 e. The van der Waals surface area contributed by atoms with E-state index in [1.807, 2.05) is 6.92 Å². The van der Waals surface area contributed by atoms with Crippen molar-refractivity contribution in [3.63, 3.8) is 0 Å². The van der Waals surface area contributed by atoms with Gasteiger partial charge in [0.1, 0.15) is 0 Å². The van der Waals surface area contributed by atoms with Crippen LogP contribution in [0.15, 0.2) is 0 Å². The molecule has 3 atom stereocenters. The van der Waals surface area contributed by atoms with Gasteiger partial charge in [-0.05, 0) is 32.6 Å². The number of carbonyl (C=O) groups is 1. The van der Waals surface area contributed by atoms with Gasteiger partial charge in [-0.2, -0.15) is 0 Å². The molecule has 2 aliphatic rings. The summed E-state index contributed by atoms with van der Waals surface area (Å²) in [4.78, 5) is 12.2. The second-order valence-electron chi connectivity index (χ2n) is 5.73. The lowest BCUT2D eigenvalue weighted by Gasteiger charge is -2.38. The topological polar surface area (TPSA) is 64.4 Å². The molecule has 106 valence electrons. The van der Waals surface area contributed by atoms with Gasteiger partial charge in [0.05, 0.1) is 18.6 Å². The van der Waals surface area contributed by atoms with Crippen molar-refractivity contribution in [3.05, 3.63) is 0 Å². The number of nitrogens with two attached hydrogens (primary N) is 1. The molecular weight excluding hydrogens is 252 g/mol. The van der Waals surface area contributed by atoms with E-state index in [-0.39, 0.29) is 35.8 Å². The van der Waals surface area contributed by atoms with Crippen molar-refractivity contribution in [2.75, 3.05) is 13.2 Å². The van der Waals surface area contributed by atoms with Gasteiger partial charge in [0.25, 0.3) is 0 Å². The molecule has 0 aromatic carbocycles. The Bertz CT molecular complexity index is 278. The van der Waals surface area contributed by atoms with Gasteiger partial charge >= 0.3 is 0 Å². The standard InChI is InChI=1S/C13H24N2O2.ClH/c1-13(14)7-3-2-6-11(13)12(16)15-10-5-4-8-17-9-10;/h10-11H,2-9,14H2,1H3,(H,15,16);1H. The van der Waals surface area contributed by atoms with Gasteiger partial charge in [-0.1, -0.05) is 12.8 Å². The summed E-state index contributed by atoms with van der Waals surface area (Å²) in [5.41, 5.74) is 5.90. The van der Waals surface area contributed by atoms with Gasteiger partial charge < -0.3 is 15.8 Å². The van der Waals surface area contributed by atoms with E-state index in [9.17, 15) is 4.79 Å². The van der Waals surface area contributed by atoms with Gasteiger partial charge in [-0.25, -0.2) is 0 Å². The fourth-order valence-corrected chi connectivity index (χ4v) is 2.95. The summed E-state index contributed by atoms with van der Waals surface area (Å²) in [6.45, 7) is 3.48. The largest absolute Gasteiger partial charge is 0.379 e. The van der Waals surface area contributed by atoms with Crippen molar-refractivity contribution in [1.29, 1.82) is 0 Å². The van der Waals surface area contributed by atoms with E-state index < -0.39 is 0 Å². The molecular formula is C13H25ClN2O2. The van der Waals surface area contributed by atoms with Crippen LogP contribution in [0.4, 0.5) is 0 Å². The van der Waals surface area contributed by atoms with Crippen molar-refractivity contribution >= 4 is 18.3 Å². The molecule has 0 aromatic heterocycles. The molecule has 2 fully saturated rings. The molecule has 3 N–H and O–H groups in total. The molecule has 0 bridgehead atoms. The number of nitrogens with one attached hydrogen (secondary N) is 1. The monoisotopic (exact) mass is 276 g/mol. The lowest BCUT2D eigenvalue weighted by Crippen LogP contribution is -2.55. The first-order chi connectivity index (χ1) is 8.09. The van der Waals surface area contributed by atoms with Crippen LogP contribution in [0.25, 0.3) is 0 Å². The Morgan fingerprint density at radius 1 is 1.33 bits per heavy atom. The summed E-state index contributed by atoms with van der Waals surface area (Å²) >= 11 is 0. The van der Waals surface area contributed by atoms with Crippen LogP contribution in [-0.2, 0) is 9.53 Å². The number of hydrogen-bond donors (Lipinski definition) is 2. The van der Waals surface area contributed by atoms with Crippen LogP contribution in [0, 0.1) is 5.92 Å². The summed E-state index contributed by atoms with van der Waals surface area (Å²) in [7, 11) is 0. The number of halogens is 1. The minimum atomic E-state index is -0.335. The van der Waals surface area contributed by atoms with Crippen LogP contribution in [0.5, 0.6) is 0 Å². The Kier molecular flexibility index (Phi) is 5.89. The zero-order valence-electron chi connectivity index (χ0n) is 11.1. The Balaban J connectivity index is 0.00000162. The molecule has 1 heterocycles. The first-order valence-electron chi connectivity index (χ1n) is 6.76. The normalized spacial score (nSPS) is 36.6. The highest BCUT2D eigenvalue weighted by Crippen LogP contribution is 2.31. The first kappa shape index (κ1) is 15.7. The van der Waals surface area contributed by atoms with Crippen molar-refractivity contribution in [3.8, 4) is 0 Å². The average Bonchev–Trinajstić information content (AvgIpc) is 2.29. The van der Waals surface area contributed by atoms with Crippen LogP contribution >= 0.6 is 12.4 Å². The van der Waals surface area contributed by atoms with E-state index in [4.69, 9.17) is 10.5 Å². The molecule has 1 aliphatic carbocycles. The third-order valence-electron chi connectivity index (χ3n) is 4.08. The maximum Gasteiger partial charge on any atom is 0.225 e. The predicted octanol–water partition coefficient (Wildman–Crippen LogP) is 1.61. The van der Waals surface area contributed by atoms with Crippen LogP contribution in [-0.4, -0.2) is 30.7 Å². The third-order valence-corrected chi connectivity index (χ3v) is 4.08. The predicted molar refractivity (Wildman–Crippen MR) is 73.8 cm³/mol. The minimum absolute atomic E-state index is 0. The highest BCUT2D eigenvalue weighted by molar-refractivity contribution is 5.85. The number of rotatable bonds is 2. The van der Waals surface area contributed by atoms with Gasteiger partial charge in [0, 0.05) is 12.1 Å². The number of hydrogen-bond acceptors (Lipinski definition) is 3. The molecule has 18 heavy (non-hydrogen) atoms. The molecule has 0 aromatic rings. The molecule has 1 amide bonds. The van der Waals surface area contributed by atoms with Crippen molar-refractivity contribution in [2.24, 2.45) is 11.7 Å². The molecule has 4 nitrogen and oxygen atoms in total. The second kappa shape index (κ2) is 6.73. The van der Waals surface area contributed by atoms with E-state index in [1.54, 1.807) is 0 Å². The second-order valence-corrected chi connectivity index (χ2v) is 5.73. The fourth-order valence-electron chi connectivity index (χ4n) is 2.95. The van der Waals surface area contributed by atoms with Crippen molar-refractivity contribution in [2.45, 2.75) is 57.0 Å². The Morgan fingerprint density at radius 3 is 2.72 bits per heavy atom. The summed E-state index contributed by atoms with van der Waals surface area (Å²) in [5.74, 6) is 0.100. The molecule has 0 radical (unpaired) electrons. The van der Waals surface area contributed by atoms with Crippen LogP contribution < -0.4 is 11.1 Å². The van der Waals surface area contributed by atoms with Crippen LogP contribution in [0.1, 0.15) is 45.4 Å². The van der Waals surface area contributed by atoms with E-state index in [0.29, 0.717) is 6.61 Å². The summed E-state index contributed by atoms with van der Waals surface area (Å²) in [6, 6.07) is 0.189. The zero-order chi connectivity index (χ0) is 12.3. The van der Waals surface area contributed by atoms with Crippen LogP contribution in [0.2, 0.25) is 0 Å². The van der Waals surface area contributed by atoms with E-state index in [1.165, 1.54) is 0 Å². The zero-order valence-corrected chi connectivity index (χ0v) is 11.9. The Labute approximate surface area is 115 Å². The number of carbonyl (C=O) groups excluding carboxylic acids is 1. The van der Waals surface area contributed by atoms with Crippen molar-refractivity contribution < 1.29 is 9.53 Å². The first-order valence-corrected chi connectivity index (χ1v) is 6.76. The quantitative estimate of drug-likeness (QED) is 0.805. The van der Waals surface area contributed by atoms with E-state index >= 15 is 0 Å². The van der Waals surface area contributed by atoms with Gasteiger partial charge in [0.2, 0.25) is 5.91 Å². The molecule has 5 heteroatoms. The molecule has 3 unspecified atom stereocenters. The summed E-state index contributed by atoms with van der Waals surface area (Å²) in [6.07, 6.45) is 6.20. The molecule has 1 saturated carbocycles. The minimum Gasteiger partial charge on any atom is -0.379 e. The lowest BCUT2D eigenvalue weighted by molar-refractivity contribution is -0.129. The Hall–Kier alpha value is -0.320. The maximum absolute atomic E-state index is 12.2. The third kappa shape index (κ3) is 3.84. The number of amides is 1. The van der Waals surface area contributed by atoms with Gasteiger partial charge in [-0.15, -0.1) is 12.4 Å². The molecule has 2 rings (SSSR count).